The summed E-state index contributed by atoms with van der Waals surface area (Å²) in [6.07, 6.45) is 9.11. The number of nitrogens with one attached hydrogen (secondary N) is 2. The highest BCUT2D eigenvalue weighted by molar-refractivity contribution is 5.77. The summed E-state index contributed by atoms with van der Waals surface area (Å²) >= 11 is 0. The van der Waals surface area contributed by atoms with E-state index in [9.17, 15) is 9.90 Å². The molecule has 1 aliphatic rings. The van der Waals surface area contributed by atoms with E-state index in [4.69, 9.17) is 4.98 Å². The lowest BCUT2D eigenvalue weighted by Crippen LogP contribution is -2.36. The molecule has 0 aromatic carbocycles. The maximum absolute atomic E-state index is 11.9. The molecule has 0 saturated heterocycles. The third-order valence-electron chi connectivity index (χ3n) is 6.87. The van der Waals surface area contributed by atoms with Gasteiger partial charge in [0.2, 0.25) is 0 Å². The number of fused-ring (bicyclic) bond motifs is 1. The van der Waals surface area contributed by atoms with Gasteiger partial charge in [0.15, 0.2) is 0 Å². The molecule has 0 radical (unpaired) electrons. The number of aryl methyl sites for hydroxylation is 4. The minimum atomic E-state index is -0.852. The van der Waals surface area contributed by atoms with Crippen molar-refractivity contribution in [1.29, 1.82) is 0 Å². The summed E-state index contributed by atoms with van der Waals surface area (Å²) in [6, 6.07) is 9.43. The average Bonchev–Trinajstić information content (AvgIpc) is 3.23. The molecule has 0 spiro atoms. The summed E-state index contributed by atoms with van der Waals surface area (Å²) in [5, 5.41) is 20.9. The summed E-state index contributed by atoms with van der Waals surface area (Å²) in [7, 11) is 0. The minimum Gasteiger partial charge on any atom is -0.480 e. The molecule has 9 nitrogen and oxygen atoms in total. The Morgan fingerprint density at radius 2 is 2.11 bits per heavy atom. The van der Waals surface area contributed by atoms with Crippen LogP contribution in [-0.4, -0.2) is 67.9 Å². The van der Waals surface area contributed by atoms with Gasteiger partial charge in [-0.2, -0.15) is 5.10 Å². The molecular weight excluding hydrogens is 466 g/mol. The first-order valence-electron chi connectivity index (χ1n) is 13.3. The Kier molecular flexibility index (Phi) is 9.48. The summed E-state index contributed by atoms with van der Waals surface area (Å²) in [4.78, 5) is 23.2. The number of aromatic nitrogens is 4. The Morgan fingerprint density at radius 1 is 1.22 bits per heavy atom. The van der Waals surface area contributed by atoms with E-state index in [2.05, 4.69) is 50.7 Å². The molecule has 1 aliphatic heterocycles. The second-order valence-electron chi connectivity index (χ2n) is 9.86. The van der Waals surface area contributed by atoms with Gasteiger partial charge >= 0.3 is 5.97 Å². The minimum absolute atomic E-state index is 0.499. The zero-order chi connectivity index (χ0) is 26.0. The molecule has 9 heteroatoms. The van der Waals surface area contributed by atoms with Gasteiger partial charge in [0.1, 0.15) is 11.9 Å². The van der Waals surface area contributed by atoms with Gasteiger partial charge in [-0.05, 0) is 88.7 Å². The van der Waals surface area contributed by atoms with Crippen LogP contribution in [0.5, 0.6) is 0 Å². The highest BCUT2D eigenvalue weighted by Crippen LogP contribution is 2.20. The van der Waals surface area contributed by atoms with Crippen molar-refractivity contribution in [3.05, 3.63) is 65.4 Å². The number of hydrogen-bond acceptors (Lipinski definition) is 7. The molecule has 3 aromatic heterocycles. The molecule has 0 aliphatic carbocycles. The van der Waals surface area contributed by atoms with E-state index in [-0.39, 0.29) is 0 Å². The first-order chi connectivity index (χ1) is 18.0. The Hall–Kier alpha value is -3.46. The van der Waals surface area contributed by atoms with Crippen molar-refractivity contribution in [1.82, 2.24) is 24.6 Å². The van der Waals surface area contributed by atoms with Crippen molar-refractivity contribution in [2.24, 2.45) is 0 Å². The molecule has 0 amide bonds. The van der Waals surface area contributed by atoms with E-state index < -0.39 is 12.0 Å². The van der Waals surface area contributed by atoms with Gasteiger partial charge in [0.25, 0.3) is 0 Å². The lowest BCUT2D eigenvalue weighted by molar-refractivity contribution is -0.138. The molecule has 0 saturated carbocycles. The number of rotatable bonds is 14. The van der Waals surface area contributed by atoms with E-state index >= 15 is 0 Å². The number of carbonyl (C=O) groups is 1. The van der Waals surface area contributed by atoms with Gasteiger partial charge in [0, 0.05) is 43.4 Å². The quantitative estimate of drug-likeness (QED) is 0.283. The second kappa shape index (κ2) is 13.2. The number of nitrogens with zero attached hydrogens (tertiary/aromatic N) is 5. The first kappa shape index (κ1) is 26.6. The smallest absolute Gasteiger partial charge is 0.326 e. The van der Waals surface area contributed by atoms with Crippen LogP contribution in [0.3, 0.4) is 0 Å². The predicted octanol–water partition coefficient (Wildman–Crippen LogP) is 3.93. The highest BCUT2D eigenvalue weighted by atomic mass is 16.4. The number of carboxylic acid groups (broad SMARTS) is 1. The number of anilines is 2. The van der Waals surface area contributed by atoms with Gasteiger partial charge in [-0.1, -0.05) is 6.07 Å². The van der Waals surface area contributed by atoms with Gasteiger partial charge in [-0.15, -0.1) is 0 Å². The highest BCUT2D eigenvalue weighted by Gasteiger charge is 2.19. The van der Waals surface area contributed by atoms with Gasteiger partial charge in [-0.3, -0.25) is 9.67 Å². The van der Waals surface area contributed by atoms with Crippen LogP contribution in [0, 0.1) is 13.8 Å². The summed E-state index contributed by atoms with van der Waals surface area (Å²) in [5.74, 6) is 0.200. The topological polar surface area (TPSA) is 108 Å². The number of aliphatic carboxylic acids is 1. The Balaban J connectivity index is 1.32. The molecule has 0 fully saturated rings. The molecule has 1 unspecified atom stereocenters. The van der Waals surface area contributed by atoms with Crippen molar-refractivity contribution >= 4 is 17.5 Å². The zero-order valence-electron chi connectivity index (χ0n) is 22.0. The summed E-state index contributed by atoms with van der Waals surface area (Å²) in [5.41, 5.74) is 5.33. The van der Waals surface area contributed by atoms with Crippen LogP contribution in [0.2, 0.25) is 0 Å². The van der Waals surface area contributed by atoms with E-state index in [1.165, 1.54) is 12.0 Å². The van der Waals surface area contributed by atoms with Crippen LogP contribution in [0.15, 0.2) is 42.7 Å². The molecule has 0 bridgehead atoms. The van der Waals surface area contributed by atoms with Crippen molar-refractivity contribution in [2.75, 3.05) is 36.8 Å². The van der Waals surface area contributed by atoms with Crippen LogP contribution in [0.1, 0.15) is 48.3 Å². The number of unbranched alkanes of at least 4 members (excludes halogenated alkanes) is 1. The Bertz CT molecular complexity index is 1150. The van der Waals surface area contributed by atoms with Crippen molar-refractivity contribution < 1.29 is 9.90 Å². The maximum Gasteiger partial charge on any atom is 0.326 e. The average molecular weight is 506 g/mol. The first-order valence-corrected chi connectivity index (χ1v) is 13.3. The van der Waals surface area contributed by atoms with Crippen LogP contribution in [0.25, 0.3) is 0 Å². The van der Waals surface area contributed by atoms with Crippen LogP contribution < -0.4 is 10.6 Å². The van der Waals surface area contributed by atoms with Gasteiger partial charge in [-0.25, -0.2) is 9.78 Å². The SMILES string of the molecule is Cc1cc(C)n(CCN(CCCCc2ccc3c(n2)NCCC3)CCC(Nc2cccnc2)C(=O)O)n1. The molecule has 198 valence electrons. The second-order valence-corrected chi connectivity index (χ2v) is 9.86. The fraction of sp³-hybridized carbons (Fsp3) is 0.500. The molecule has 4 heterocycles. The Morgan fingerprint density at radius 3 is 2.86 bits per heavy atom. The molecule has 3 N–H and O–H groups in total. The number of hydrogen-bond donors (Lipinski definition) is 3. The van der Waals surface area contributed by atoms with Gasteiger partial charge < -0.3 is 20.6 Å². The fourth-order valence-corrected chi connectivity index (χ4v) is 4.84. The van der Waals surface area contributed by atoms with Crippen molar-refractivity contribution in [3.8, 4) is 0 Å². The predicted molar refractivity (Wildman–Crippen MR) is 146 cm³/mol. The standard InChI is InChI=1S/C28H39N7O2/c1-21-19-22(2)35(33-21)18-17-34(16-12-26(28(36)37)31-25-9-6-13-29-20-25)15-4-3-8-24-11-10-23-7-5-14-30-27(23)32-24/h6,9-11,13,19-20,26,31H,3-5,7-8,12,14-18H2,1-2H3,(H,30,32)(H,36,37). The monoisotopic (exact) mass is 505 g/mol. The number of carboxylic acids is 1. The normalized spacial score (nSPS) is 13.7. The largest absolute Gasteiger partial charge is 0.480 e. The fourth-order valence-electron chi connectivity index (χ4n) is 4.84. The molecule has 3 aromatic rings. The van der Waals surface area contributed by atoms with Gasteiger partial charge in [0.05, 0.1) is 17.9 Å². The van der Waals surface area contributed by atoms with Crippen molar-refractivity contribution in [2.45, 2.75) is 65.0 Å². The summed E-state index contributed by atoms with van der Waals surface area (Å²) < 4.78 is 2.04. The van der Waals surface area contributed by atoms with E-state index in [0.29, 0.717) is 13.0 Å². The number of pyridine rings is 2. The zero-order valence-corrected chi connectivity index (χ0v) is 22.0. The van der Waals surface area contributed by atoms with Crippen LogP contribution in [-0.2, 0) is 24.2 Å². The molecule has 4 rings (SSSR count). The third kappa shape index (κ3) is 8.01. The molecule has 1 atom stereocenters. The Labute approximate surface area is 219 Å². The lowest BCUT2D eigenvalue weighted by Gasteiger charge is -2.25. The summed E-state index contributed by atoms with van der Waals surface area (Å²) in [6.45, 7) is 8.27. The third-order valence-corrected chi connectivity index (χ3v) is 6.87. The van der Waals surface area contributed by atoms with Crippen LogP contribution >= 0.6 is 0 Å². The molecular formula is C28H39N7O2. The van der Waals surface area contributed by atoms with E-state index in [0.717, 1.165) is 80.4 Å². The van der Waals surface area contributed by atoms with Crippen LogP contribution in [0.4, 0.5) is 11.5 Å². The van der Waals surface area contributed by atoms with E-state index in [1.54, 1.807) is 18.5 Å². The maximum atomic E-state index is 11.9. The van der Waals surface area contributed by atoms with E-state index in [1.807, 2.05) is 17.7 Å². The molecule has 37 heavy (non-hydrogen) atoms. The van der Waals surface area contributed by atoms with Crippen molar-refractivity contribution in [3.63, 3.8) is 0 Å². The lowest BCUT2D eigenvalue weighted by atomic mass is 10.1.